The Hall–Kier alpha value is -1.06. The van der Waals surface area contributed by atoms with Gasteiger partial charge in [-0.25, -0.2) is 0 Å². The molecule has 0 heterocycles. The quantitative estimate of drug-likeness (QED) is 0.693. The van der Waals surface area contributed by atoms with Crippen molar-refractivity contribution in [1.29, 1.82) is 0 Å². The topological polar surface area (TPSA) is 52.6 Å². The van der Waals surface area contributed by atoms with Crippen LogP contribution in [-0.4, -0.2) is 24.1 Å². The van der Waals surface area contributed by atoms with Crippen LogP contribution in [0.2, 0.25) is 0 Å². The second-order valence-electron chi connectivity index (χ2n) is 5.21. The van der Waals surface area contributed by atoms with E-state index >= 15 is 0 Å². The van der Waals surface area contributed by atoms with Crippen LogP contribution in [0, 0.1) is 11.8 Å². The van der Waals surface area contributed by atoms with Gasteiger partial charge in [-0.2, -0.15) is 0 Å². The van der Waals surface area contributed by atoms with Gasteiger partial charge in [0.1, 0.15) is 12.2 Å². The lowest BCUT2D eigenvalue weighted by molar-refractivity contribution is -0.161. The summed E-state index contributed by atoms with van der Waals surface area (Å²) in [5.41, 5.74) is 0. The molecule has 4 atom stereocenters. The Morgan fingerprint density at radius 1 is 0.824 bits per heavy atom. The molecule has 0 aromatic heterocycles. The highest BCUT2D eigenvalue weighted by Crippen LogP contribution is 2.42. The minimum Gasteiger partial charge on any atom is -0.462 e. The molecule has 0 aromatic carbocycles. The fraction of sp³-hybridized carbons (Fsp3) is 0.846. The van der Waals surface area contributed by atoms with Crippen molar-refractivity contribution in [3.8, 4) is 0 Å². The van der Waals surface area contributed by atoms with Crippen molar-refractivity contribution in [3.63, 3.8) is 0 Å². The Morgan fingerprint density at radius 3 is 1.59 bits per heavy atom. The van der Waals surface area contributed by atoms with E-state index in [1.165, 1.54) is 13.8 Å². The van der Waals surface area contributed by atoms with Gasteiger partial charge in [0.05, 0.1) is 0 Å². The molecule has 17 heavy (non-hydrogen) atoms. The van der Waals surface area contributed by atoms with Crippen LogP contribution in [0.3, 0.4) is 0 Å². The van der Waals surface area contributed by atoms with E-state index in [0.717, 1.165) is 32.1 Å². The van der Waals surface area contributed by atoms with E-state index < -0.39 is 0 Å². The third-order valence-electron chi connectivity index (χ3n) is 3.94. The van der Waals surface area contributed by atoms with Crippen molar-refractivity contribution in [2.24, 2.45) is 11.8 Å². The summed E-state index contributed by atoms with van der Waals surface area (Å²) < 4.78 is 10.7. The molecule has 4 heteroatoms. The third kappa shape index (κ3) is 2.99. The average Bonchev–Trinajstić information content (AvgIpc) is 2.24. The molecule has 2 fully saturated rings. The molecule has 2 rings (SSSR count). The summed E-state index contributed by atoms with van der Waals surface area (Å²) in [6.07, 6.45) is 5.00. The molecule has 0 unspecified atom stereocenters. The van der Waals surface area contributed by atoms with Crippen molar-refractivity contribution in [1.82, 2.24) is 0 Å². The van der Waals surface area contributed by atoms with Gasteiger partial charge in [-0.1, -0.05) is 0 Å². The van der Waals surface area contributed by atoms with Gasteiger partial charge in [0, 0.05) is 13.8 Å². The molecular formula is C13H20O4. The maximum atomic E-state index is 11.0. The summed E-state index contributed by atoms with van der Waals surface area (Å²) in [4.78, 5) is 22.0. The predicted octanol–water partition coefficient (Wildman–Crippen LogP) is 2.06. The highest BCUT2D eigenvalue weighted by molar-refractivity contribution is 5.66. The van der Waals surface area contributed by atoms with Crippen LogP contribution in [0.25, 0.3) is 0 Å². The van der Waals surface area contributed by atoms with Gasteiger partial charge < -0.3 is 9.47 Å². The molecule has 2 saturated carbocycles. The van der Waals surface area contributed by atoms with Crippen molar-refractivity contribution < 1.29 is 19.1 Å². The largest absolute Gasteiger partial charge is 0.462 e. The van der Waals surface area contributed by atoms with Gasteiger partial charge in [-0.15, -0.1) is 0 Å². The molecule has 4 nitrogen and oxygen atoms in total. The number of carbonyl (C=O) groups excluding carboxylic acids is 2. The van der Waals surface area contributed by atoms with E-state index in [-0.39, 0.29) is 24.1 Å². The number of fused-ring (bicyclic) bond motifs is 2. The maximum absolute atomic E-state index is 11.0. The van der Waals surface area contributed by atoms with Gasteiger partial charge >= 0.3 is 11.9 Å². The fourth-order valence-electron chi connectivity index (χ4n) is 3.26. The van der Waals surface area contributed by atoms with Crippen LogP contribution >= 0.6 is 0 Å². The van der Waals surface area contributed by atoms with Crippen molar-refractivity contribution in [2.75, 3.05) is 0 Å². The SMILES string of the molecule is CC(=O)O[C@@H]1CC[C@H]2C[C@@H]1CC[C@H]2OC(C)=O. The molecule has 2 aliphatic carbocycles. The van der Waals surface area contributed by atoms with Gasteiger partial charge in [0.25, 0.3) is 0 Å². The molecule has 2 aliphatic rings. The average molecular weight is 240 g/mol. The van der Waals surface area contributed by atoms with E-state index in [2.05, 4.69) is 0 Å². The number of carbonyl (C=O) groups is 2. The summed E-state index contributed by atoms with van der Waals surface area (Å²) in [6, 6.07) is 0. The van der Waals surface area contributed by atoms with Crippen LogP contribution in [0.4, 0.5) is 0 Å². The zero-order chi connectivity index (χ0) is 12.4. The zero-order valence-corrected chi connectivity index (χ0v) is 10.5. The van der Waals surface area contributed by atoms with Gasteiger partial charge in [-0.3, -0.25) is 9.59 Å². The van der Waals surface area contributed by atoms with E-state index in [1.54, 1.807) is 0 Å². The molecular weight excluding hydrogens is 220 g/mol. The van der Waals surface area contributed by atoms with Gasteiger partial charge in [0.2, 0.25) is 0 Å². The summed E-state index contributed by atoms with van der Waals surface area (Å²) in [6.45, 7) is 2.94. The van der Waals surface area contributed by atoms with Crippen LogP contribution in [0.15, 0.2) is 0 Å². The first-order valence-corrected chi connectivity index (χ1v) is 6.40. The lowest BCUT2D eigenvalue weighted by Gasteiger charge is -2.43. The number of rotatable bonds is 2. The monoisotopic (exact) mass is 240 g/mol. The maximum Gasteiger partial charge on any atom is 0.302 e. The Labute approximate surface area is 102 Å². The number of hydrogen-bond acceptors (Lipinski definition) is 4. The molecule has 0 N–H and O–H groups in total. The van der Waals surface area contributed by atoms with E-state index in [0.29, 0.717) is 11.8 Å². The summed E-state index contributed by atoms with van der Waals surface area (Å²) >= 11 is 0. The Morgan fingerprint density at radius 2 is 1.24 bits per heavy atom. The lowest BCUT2D eigenvalue weighted by atomic mass is 9.69. The summed E-state index contributed by atoms with van der Waals surface area (Å²) in [5, 5.41) is 0. The van der Waals surface area contributed by atoms with E-state index in [1.807, 2.05) is 0 Å². The second-order valence-corrected chi connectivity index (χ2v) is 5.21. The number of ether oxygens (including phenoxy) is 2. The first kappa shape index (κ1) is 12.4. The van der Waals surface area contributed by atoms with Crippen LogP contribution in [0.5, 0.6) is 0 Å². The van der Waals surface area contributed by atoms with Crippen molar-refractivity contribution >= 4 is 11.9 Å². The van der Waals surface area contributed by atoms with Gasteiger partial charge in [-0.05, 0) is 43.9 Å². The minimum absolute atomic E-state index is 0.0852. The number of esters is 2. The summed E-state index contributed by atoms with van der Waals surface area (Å²) in [5.74, 6) is 0.556. The molecule has 0 amide bonds. The minimum atomic E-state index is -0.185. The molecule has 0 aliphatic heterocycles. The smallest absolute Gasteiger partial charge is 0.302 e. The predicted molar refractivity (Wildman–Crippen MR) is 61.2 cm³/mol. The van der Waals surface area contributed by atoms with Crippen molar-refractivity contribution in [2.45, 2.75) is 58.2 Å². The van der Waals surface area contributed by atoms with Crippen molar-refractivity contribution in [3.05, 3.63) is 0 Å². The van der Waals surface area contributed by atoms with Crippen LogP contribution in [-0.2, 0) is 19.1 Å². The Balaban J connectivity index is 1.91. The first-order valence-electron chi connectivity index (χ1n) is 6.40. The molecule has 2 bridgehead atoms. The standard InChI is InChI=1S/C13H20O4/c1-8(14)16-12-5-3-11-7-10(12)4-6-13(11)17-9(2)15/h10-13H,3-7H2,1-2H3/t10-,11-,12+,13+/m0/s1. The van der Waals surface area contributed by atoms with E-state index in [4.69, 9.17) is 9.47 Å². The molecule has 0 spiro atoms. The summed E-state index contributed by atoms with van der Waals surface area (Å²) in [7, 11) is 0. The Bertz CT molecular complexity index is 283. The highest BCUT2D eigenvalue weighted by atomic mass is 16.5. The normalized spacial score (nSPS) is 36.1. The van der Waals surface area contributed by atoms with Gasteiger partial charge in [0.15, 0.2) is 0 Å². The zero-order valence-electron chi connectivity index (χ0n) is 10.5. The highest BCUT2D eigenvalue weighted by Gasteiger charge is 2.41. The van der Waals surface area contributed by atoms with Crippen LogP contribution < -0.4 is 0 Å². The molecule has 0 aromatic rings. The third-order valence-corrected chi connectivity index (χ3v) is 3.94. The second kappa shape index (κ2) is 5.07. The first-order chi connectivity index (χ1) is 8.06. The lowest BCUT2D eigenvalue weighted by Crippen LogP contribution is -2.42. The fourth-order valence-corrected chi connectivity index (χ4v) is 3.26. The molecule has 96 valence electrons. The molecule has 0 saturated heterocycles. The van der Waals surface area contributed by atoms with Crippen LogP contribution in [0.1, 0.15) is 46.0 Å². The number of hydrogen-bond donors (Lipinski definition) is 0. The Kier molecular flexibility index (Phi) is 3.69. The molecule has 0 radical (unpaired) electrons. The van der Waals surface area contributed by atoms with E-state index in [9.17, 15) is 9.59 Å².